The van der Waals surface area contributed by atoms with Gasteiger partial charge in [0.05, 0.1) is 5.54 Å². The molecule has 1 N–H and O–H groups in total. The standard InChI is InChI=1S/C16H31N3O/c1-12-10-13(2)14(3)19(11-12)15(20)16(4,5)18-8-6-17-7-9-18/h12-14,17H,6-11H2,1-5H3. The van der Waals surface area contributed by atoms with Crippen molar-refractivity contribution in [2.75, 3.05) is 32.7 Å². The smallest absolute Gasteiger partial charge is 0.242 e. The van der Waals surface area contributed by atoms with Crippen molar-refractivity contribution in [3.63, 3.8) is 0 Å². The highest BCUT2D eigenvalue weighted by molar-refractivity contribution is 5.86. The Hall–Kier alpha value is -0.610. The molecule has 2 heterocycles. The average molecular weight is 281 g/mol. The third-order valence-electron chi connectivity index (χ3n) is 5.29. The molecule has 0 aromatic heterocycles. The number of piperidine rings is 1. The van der Waals surface area contributed by atoms with Crippen molar-refractivity contribution in [1.29, 1.82) is 0 Å². The summed E-state index contributed by atoms with van der Waals surface area (Å²) in [6.07, 6.45) is 1.24. The third-order valence-corrected chi connectivity index (χ3v) is 5.29. The van der Waals surface area contributed by atoms with Crippen molar-refractivity contribution in [2.45, 2.75) is 52.6 Å². The molecule has 2 saturated heterocycles. The minimum absolute atomic E-state index is 0.310. The molecule has 0 saturated carbocycles. The van der Waals surface area contributed by atoms with Gasteiger partial charge in [0.1, 0.15) is 0 Å². The maximum atomic E-state index is 13.1. The van der Waals surface area contributed by atoms with Gasteiger partial charge in [-0.3, -0.25) is 9.69 Å². The van der Waals surface area contributed by atoms with Gasteiger partial charge < -0.3 is 10.2 Å². The Balaban J connectivity index is 2.11. The molecule has 116 valence electrons. The fourth-order valence-electron chi connectivity index (χ4n) is 3.69. The zero-order valence-electron chi connectivity index (χ0n) is 13.8. The van der Waals surface area contributed by atoms with Crippen LogP contribution in [0, 0.1) is 11.8 Å². The van der Waals surface area contributed by atoms with Gasteiger partial charge in [-0.25, -0.2) is 0 Å². The molecule has 4 nitrogen and oxygen atoms in total. The van der Waals surface area contributed by atoms with E-state index in [1.807, 2.05) is 0 Å². The van der Waals surface area contributed by atoms with E-state index < -0.39 is 0 Å². The number of nitrogens with one attached hydrogen (secondary N) is 1. The number of carbonyl (C=O) groups is 1. The van der Waals surface area contributed by atoms with Gasteiger partial charge in [-0.1, -0.05) is 13.8 Å². The van der Waals surface area contributed by atoms with Gasteiger partial charge in [-0.2, -0.15) is 0 Å². The van der Waals surface area contributed by atoms with Crippen LogP contribution in [0.3, 0.4) is 0 Å². The minimum Gasteiger partial charge on any atom is -0.338 e. The average Bonchev–Trinajstić information content (AvgIpc) is 2.43. The van der Waals surface area contributed by atoms with Crippen molar-refractivity contribution in [3.8, 4) is 0 Å². The molecule has 3 unspecified atom stereocenters. The SMILES string of the molecule is CC1CC(C)C(C)N(C(=O)C(C)(C)N2CCNCC2)C1. The lowest BCUT2D eigenvalue weighted by atomic mass is 9.84. The lowest BCUT2D eigenvalue weighted by Crippen LogP contribution is -2.63. The molecule has 2 aliphatic heterocycles. The second kappa shape index (κ2) is 6.02. The molecule has 0 aromatic carbocycles. The first kappa shape index (κ1) is 15.8. The van der Waals surface area contributed by atoms with Crippen LogP contribution in [-0.4, -0.2) is 60.0 Å². The van der Waals surface area contributed by atoms with E-state index in [-0.39, 0.29) is 5.54 Å². The van der Waals surface area contributed by atoms with E-state index in [4.69, 9.17) is 0 Å². The van der Waals surface area contributed by atoms with Gasteiger partial charge in [-0.05, 0) is 39.0 Å². The Morgan fingerprint density at radius 1 is 1.15 bits per heavy atom. The van der Waals surface area contributed by atoms with Crippen LogP contribution in [0.1, 0.15) is 41.0 Å². The Labute approximate surface area is 123 Å². The van der Waals surface area contributed by atoms with Crippen LogP contribution in [0.25, 0.3) is 0 Å². The van der Waals surface area contributed by atoms with Crippen LogP contribution in [-0.2, 0) is 4.79 Å². The van der Waals surface area contributed by atoms with Crippen LogP contribution in [0.15, 0.2) is 0 Å². The number of carbonyl (C=O) groups excluding carboxylic acids is 1. The fraction of sp³-hybridized carbons (Fsp3) is 0.938. The molecule has 2 rings (SSSR count). The molecule has 2 fully saturated rings. The van der Waals surface area contributed by atoms with E-state index in [9.17, 15) is 4.79 Å². The highest BCUT2D eigenvalue weighted by Crippen LogP contribution is 2.30. The first-order valence-electron chi connectivity index (χ1n) is 8.11. The zero-order valence-corrected chi connectivity index (χ0v) is 13.8. The zero-order chi connectivity index (χ0) is 14.9. The summed E-state index contributed by atoms with van der Waals surface area (Å²) in [6, 6.07) is 0.362. The minimum atomic E-state index is -0.382. The van der Waals surface area contributed by atoms with Crippen molar-refractivity contribution >= 4 is 5.91 Å². The summed E-state index contributed by atoms with van der Waals surface area (Å²) in [7, 11) is 0. The lowest BCUT2D eigenvalue weighted by molar-refractivity contribution is -0.149. The summed E-state index contributed by atoms with van der Waals surface area (Å²) in [6.45, 7) is 15.8. The van der Waals surface area contributed by atoms with Gasteiger partial charge in [0.25, 0.3) is 0 Å². The predicted octanol–water partition coefficient (Wildman–Crippen LogP) is 1.56. The Kier molecular flexibility index (Phi) is 4.75. The van der Waals surface area contributed by atoms with Gasteiger partial charge in [-0.15, -0.1) is 0 Å². The first-order valence-corrected chi connectivity index (χ1v) is 8.11. The molecular formula is C16H31N3O. The van der Waals surface area contributed by atoms with E-state index in [2.05, 4.69) is 49.7 Å². The molecule has 0 bridgehead atoms. The quantitative estimate of drug-likeness (QED) is 0.834. The Bertz CT molecular complexity index is 350. The molecule has 4 heteroatoms. The second-order valence-corrected chi connectivity index (χ2v) is 7.31. The predicted molar refractivity (Wildman–Crippen MR) is 82.6 cm³/mol. The molecule has 20 heavy (non-hydrogen) atoms. The van der Waals surface area contributed by atoms with Gasteiger partial charge >= 0.3 is 0 Å². The summed E-state index contributed by atoms with van der Waals surface area (Å²) < 4.78 is 0. The number of hydrogen-bond donors (Lipinski definition) is 1. The monoisotopic (exact) mass is 281 g/mol. The highest BCUT2D eigenvalue weighted by atomic mass is 16.2. The van der Waals surface area contributed by atoms with Crippen LogP contribution >= 0.6 is 0 Å². The van der Waals surface area contributed by atoms with E-state index in [1.54, 1.807) is 0 Å². The number of nitrogens with zero attached hydrogens (tertiary/aromatic N) is 2. The summed E-state index contributed by atoms with van der Waals surface area (Å²) in [5.41, 5.74) is -0.382. The topological polar surface area (TPSA) is 35.6 Å². The number of hydrogen-bond acceptors (Lipinski definition) is 3. The Morgan fingerprint density at radius 2 is 1.75 bits per heavy atom. The first-order chi connectivity index (χ1) is 9.34. The maximum absolute atomic E-state index is 13.1. The molecule has 0 spiro atoms. The number of rotatable bonds is 2. The van der Waals surface area contributed by atoms with Crippen molar-refractivity contribution in [1.82, 2.24) is 15.1 Å². The van der Waals surface area contributed by atoms with Crippen LogP contribution < -0.4 is 5.32 Å². The van der Waals surface area contributed by atoms with Crippen molar-refractivity contribution in [2.24, 2.45) is 11.8 Å². The summed E-state index contributed by atoms with van der Waals surface area (Å²) in [5, 5.41) is 3.36. The summed E-state index contributed by atoms with van der Waals surface area (Å²) >= 11 is 0. The molecule has 1 amide bonds. The number of likely N-dealkylation sites (tertiary alicyclic amines) is 1. The van der Waals surface area contributed by atoms with Crippen LogP contribution in [0.5, 0.6) is 0 Å². The van der Waals surface area contributed by atoms with Gasteiger partial charge in [0.2, 0.25) is 5.91 Å². The molecule has 0 aliphatic carbocycles. The largest absolute Gasteiger partial charge is 0.338 e. The van der Waals surface area contributed by atoms with Crippen molar-refractivity contribution in [3.05, 3.63) is 0 Å². The summed E-state index contributed by atoms with van der Waals surface area (Å²) in [4.78, 5) is 17.6. The van der Waals surface area contributed by atoms with E-state index in [0.29, 0.717) is 23.8 Å². The summed E-state index contributed by atoms with van der Waals surface area (Å²) in [5.74, 6) is 1.52. The maximum Gasteiger partial charge on any atom is 0.242 e. The number of amides is 1. The van der Waals surface area contributed by atoms with Gasteiger partial charge in [0, 0.05) is 38.8 Å². The van der Waals surface area contributed by atoms with Crippen LogP contribution in [0.2, 0.25) is 0 Å². The third kappa shape index (κ3) is 3.01. The van der Waals surface area contributed by atoms with E-state index >= 15 is 0 Å². The van der Waals surface area contributed by atoms with Crippen LogP contribution in [0.4, 0.5) is 0 Å². The fourth-order valence-corrected chi connectivity index (χ4v) is 3.69. The normalized spacial score (nSPS) is 33.2. The van der Waals surface area contributed by atoms with E-state index in [0.717, 1.165) is 32.7 Å². The molecule has 0 radical (unpaired) electrons. The second-order valence-electron chi connectivity index (χ2n) is 7.31. The number of piperazine rings is 1. The Morgan fingerprint density at radius 3 is 2.35 bits per heavy atom. The van der Waals surface area contributed by atoms with Crippen molar-refractivity contribution < 1.29 is 4.79 Å². The van der Waals surface area contributed by atoms with Gasteiger partial charge in [0.15, 0.2) is 0 Å². The molecule has 3 atom stereocenters. The molecular weight excluding hydrogens is 250 g/mol. The van der Waals surface area contributed by atoms with E-state index in [1.165, 1.54) is 6.42 Å². The molecule has 0 aromatic rings. The lowest BCUT2D eigenvalue weighted by Gasteiger charge is -2.48. The molecule has 2 aliphatic rings. The highest BCUT2D eigenvalue weighted by Gasteiger charge is 2.42.